The van der Waals surface area contributed by atoms with Gasteiger partial charge in [0.25, 0.3) is 0 Å². The Hall–Kier alpha value is -1.23. The first-order chi connectivity index (χ1) is 9.37. The van der Waals surface area contributed by atoms with Gasteiger partial charge in [0.2, 0.25) is 10.0 Å². The number of halogens is 2. The number of sulfonamides is 1. The van der Waals surface area contributed by atoms with Gasteiger partial charge in [-0.3, -0.25) is 4.72 Å². The summed E-state index contributed by atoms with van der Waals surface area (Å²) in [6, 6.07) is 11.9. The topological polar surface area (TPSA) is 46.2 Å². The SMILES string of the molecule is Cc1ccc(Cl)cc1NS(=O)(=O)Cc1ccccc1Cl. The second-order valence-electron chi connectivity index (χ2n) is 4.41. The molecule has 0 aliphatic rings. The maximum atomic E-state index is 12.2. The molecule has 3 nitrogen and oxygen atoms in total. The molecule has 0 unspecified atom stereocenters. The number of benzene rings is 2. The van der Waals surface area contributed by atoms with E-state index in [1.165, 1.54) is 0 Å². The fourth-order valence-corrected chi connectivity index (χ4v) is 3.47. The largest absolute Gasteiger partial charge is 0.283 e. The first-order valence-corrected chi connectivity index (χ1v) is 8.28. The minimum atomic E-state index is -3.54. The van der Waals surface area contributed by atoms with E-state index in [0.717, 1.165) is 5.56 Å². The summed E-state index contributed by atoms with van der Waals surface area (Å²) in [6.07, 6.45) is 0. The van der Waals surface area contributed by atoms with Gasteiger partial charge in [0.15, 0.2) is 0 Å². The van der Waals surface area contributed by atoms with Crippen LogP contribution in [-0.2, 0) is 15.8 Å². The Morgan fingerprint density at radius 2 is 1.80 bits per heavy atom. The fraction of sp³-hybridized carbons (Fsp3) is 0.143. The number of rotatable bonds is 4. The lowest BCUT2D eigenvalue weighted by molar-refractivity contribution is 0.600. The van der Waals surface area contributed by atoms with E-state index in [2.05, 4.69) is 4.72 Å². The third kappa shape index (κ3) is 3.88. The van der Waals surface area contributed by atoms with Crippen molar-refractivity contribution in [1.82, 2.24) is 0 Å². The first kappa shape index (κ1) is 15.2. The Kier molecular flexibility index (Phi) is 4.58. The highest BCUT2D eigenvalue weighted by Gasteiger charge is 2.15. The quantitative estimate of drug-likeness (QED) is 0.911. The number of anilines is 1. The maximum absolute atomic E-state index is 12.2. The molecule has 0 amide bonds. The van der Waals surface area contributed by atoms with Crippen molar-refractivity contribution in [2.75, 3.05) is 4.72 Å². The minimum Gasteiger partial charge on any atom is -0.283 e. The highest BCUT2D eigenvalue weighted by molar-refractivity contribution is 7.91. The van der Waals surface area contributed by atoms with Gasteiger partial charge in [-0.15, -0.1) is 0 Å². The Bertz CT molecular complexity index is 730. The lowest BCUT2D eigenvalue weighted by Crippen LogP contribution is -2.16. The summed E-state index contributed by atoms with van der Waals surface area (Å²) in [6.45, 7) is 1.81. The molecule has 0 bridgehead atoms. The molecule has 0 aliphatic carbocycles. The number of hydrogen-bond donors (Lipinski definition) is 1. The Morgan fingerprint density at radius 3 is 2.50 bits per heavy atom. The summed E-state index contributed by atoms with van der Waals surface area (Å²) < 4.78 is 26.9. The monoisotopic (exact) mass is 329 g/mol. The molecule has 0 aromatic heterocycles. The van der Waals surface area contributed by atoms with Gasteiger partial charge in [-0.1, -0.05) is 47.5 Å². The van der Waals surface area contributed by atoms with E-state index in [1.54, 1.807) is 42.5 Å². The van der Waals surface area contributed by atoms with Crippen LogP contribution in [0.5, 0.6) is 0 Å². The maximum Gasteiger partial charge on any atom is 0.236 e. The van der Waals surface area contributed by atoms with Crippen LogP contribution in [0.3, 0.4) is 0 Å². The lowest BCUT2D eigenvalue weighted by atomic mass is 10.2. The van der Waals surface area contributed by atoms with Gasteiger partial charge in [0.05, 0.1) is 11.4 Å². The van der Waals surface area contributed by atoms with Crippen LogP contribution in [0.1, 0.15) is 11.1 Å². The van der Waals surface area contributed by atoms with E-state index in [4.69, 9.17) is 23.2 Å². The van der Waals surface area contributed by atoms with Crippen LogP contribution >= 0.6 is 23.2 Å². The smallest absolute Gasteiger partial charge is 0.236 e. The average Bonchev–Trinajstić information content (AvgIpc) is 2.36. The van der Waals surface area contributed by atoms with Gasteiger partial charge in [0.1, 0.15) is 0 Å². The van der Waals surface area contributed by atoms with Crippen molar-refractivity contribution in [3.8, 4) is 0 Å². The molecule has 0 heterocycles. The number of hydrogen-bond acceptors (Lipinski definition) is 2. The molecular formula is C14H13Cl2NO2S. The molecule has 2 rings (SSSR count). The Balaban J connectivity index is 2.24. The van der Waals surface area contributed by atoms with E-state index in [-0.39, 0.29) is 5.75 Å². The van der Waals surface area contributed by atoms with Crippen molar-refractivity contribution < 1.29 is 8.42 Å². The fourth-order valence-electron chi connectivity index (χ4n) is 1.73. The van der Waals surface area contributed by atoms with Gasteiger partial charge < -0.3 is 0 Å². The Labute approximate surface area is 128 Å². The summed E-state index contributed by atoms with van der Waals surface area (Å²) in [5, 5.41) is 0.909. The van der Waals surface area contributed by atoms with Gasteiger partial charge in [-0.05, 0) is 36.2 Å². The number of nitrogens with one attached hydrogen (secondary N) is 1. The zero-order chi connectivity index (χ0) is 14.8. The molecule has 106 valence electrons. The molecule has 0 aliphatic heterocycles. The summed E-state index contributed by atoms with van der Waals surface area (Å²) in [5.74, 6) is -0.182. The standard InChI is InChI=1S/C14H13Cl2NO2S/c1-10-6-7-12(15)8-14(10)17-20(18,19)9-11-4-2-3-5-13(11)16/h2-8,17H,9H2,1H3. The third-order valence-electron chi connectivity index (χ3n) is 2.77. The van der Waals surface area contributed by atoms with Gasteiger partial charge >= 0.3 is 0 Å². The highest BCUT2D eigenvalue weighted by atomic mass is 35.5. The second-order valence-corrected chi connectivity index (χ2v) is 6.98. The van der Waals surface area contributed by atoms with Crippen molar-refractivity contribution in [1.29, 1.82) is 0 Å². The molecule has 0 saturated carbocycles. The van der Waals surface area contributed by atoms with Gasteiger partial charge in [-0.25, -0.2) is 8.42 Å². The normalized spacial score (nSPS) is 11.3. The van der Waals surface area contributed by atoms with Crippen LogP contribution in [0.2, 0.25) is 10.0 Å². The summed E-state index contributed by atoms with van der Waals surface area (Å²) >= 11 is 11.9. The summed E-state index contributed by atoms with van der Waals surface area (Å²) in [5.41, 5.74) is 1.84. The predicted octanol–water partition coefficient (Wildman–Crippen LogP) is 4.24. The van der Waals surface area contributed by atoms with Gasteiger partial charge in [0, 0.05) is 10.0 Å². The van der Waals surface area contributed by atoms with Crippen molar-refractivity contribution in [2.45, 2.75) is 12.7 Å². The zero-order valence-electron chi connectivity index (χ0n) is 10.7. The third-order valence-corrected chi connectivity index (χ3v) is 4.59. The van der Waals surface area contributed by atoms with Crippen LogP contribution < -0.4 is 4.72 Å². The van der Waals surface area contributed by atoms with Crippen LogP contribution in [0.25, 0.3) is 0 Å². The molecule has 0 atom stereocenters. The molecular weight excluding hydrogens is 317 g/mol. The van der Waals surface area contributed by atoms with Crippen LogP contribution in [0.15, 0.2) is 42.5 Å². The van der Waals surface area contributed by atoms with Crippen LogP contribution in [0.4, 0.5) is 5.69 Å². The highest BCUT2D eigenvalue weighted by Crippen LogP contribution is 2.23. The lowest BCUT2D eigenvalue weighted by Gasteiger charge is -2.11. The van der Waals surface area contributed by atoms with Crippen molar-refractivity contribution in [3.05, 3.63) is 63.6 Å². The van der Waals surface area contributed by atoms with E-state index in [0.29, 0.717) is 21.3 Å². The Morgan fingerprint density at radius 1 is 1.10 bits per heavy atom. The summed E-state index contributed by atoms with van der Waals surface area (Å²) in [7, 11) is -3.54. The van der Waals surface area contributed by atoms with E-state index >= 15 is 0 Å². The molecule has 2 aromatic rings. The van der Waals surface area contributed by atoms with Gasteiger partial charge in [-0.2, -0.15) is 0 Å². The molecule has 0 spiro atoms. The molecule has 0 saturated heterocycles. The molecule has 6 heteroatoms. The molecule has 20 heavy (non-hydrogen) atoms. The van der Waals surface area contributed by atoms with E-state index in [1.807, 2.05) is 6.92 Å². The van der Waals surface area contributed by atoms with Crippen molar-refractivity contribution in [3.63, 3.8) is 0 Å². The zero-order valence-corrected chi connectivity index (χ0v) is 13.1. The molecule has 0 radical (unpaired) electrons. The van der Waals surface area contributed by atoms with Crippen LogP contribution in [-0.4, -0.2) is 8.42 Å². The first-order valence-electron chi connectivity index (χ1n) is 5.87. The van der Waals surface area contributed by atoms with Crippen molar-refractivity contribution >= 4 is 38.9 Å². The average molecular weight is 330 g/mol. The number of aryl methyl sites for hydroxylation is 1. The van der Waals surface area contributed by atoms with Crippen molar-refractivity contribution in [2.24, 2.45) is 0 Å². The summed E-state index contributed by atoms with van der Waals surface area (Å²) in [4.78, 5) is 0. The molecule has 0 fully saturated rings. The molecule has 2 aromatic carbocycles. The molecule has 1 N–H and O–H groups in total. The van der Waals surface area contributed by atoms with E-state index < -0.39 is 10.0 Å². The minimum absolute atomic E-state index is 0.182. The van der Waals surface area contributed by atoms with E-state index in [9.17, 15) is 8.42 Å². The van der Waals surface area contributed by atoms with Crippen LogP contribution in [0, 0.1) is 6.92 Å². The predicted molar refractivity (Wildman–Crippen MR) is 83.9 cm³/mol. The second kappa shape index (κ2) is 6.04.